The van der Waals surface area contributed by atoms with E-state index >= 15 is 0 Å². The zero-order valence-corrected chi connectivity index (χ0v) is 10.7. The molecule has 0 saturated heterocycles. The van der Waals surface area contributed by atoms with Gasteiger partial charge < -0.3 is 0 Å². The van der Waals surface area contributed by atoms with Gasteiger partial charge in [0.1, 0.15) is 0 Å². The van der Waals surface area contributed by atoms with Gasteiger partial charge in [-0.05, 0) is 28.1 Å². The van der Waals surface area contributed by atoms with Crippen LogP contribution in [0.1, 0.15) is 0 Å². The third-order valence-electron chi connectivity index (χ3n) is 1.67. The monoisotopic (exact) mass is 319 g/mol. The Morgan fingerprint density at radius 2 is 2.18 bits per heavy atom. The number of nitrogens with one attached hydrogen (secondary N) is 1. The second-order valence-corrected chi connectivity index (χ2v) is 5.52. The standard InChI is InChI=1S/C8H6BrN3O4S/c9-7-2-1-6(5-8(7)12(13)14)11-17(15,16)4-3-10/h1-2,5,11H,4H2. The normalized spacial score (nSPS) is 10.6. The highest BCUT2D eigenvalue weighted by atomic mass is 79.9. The fourth-order valence-corrected chi connectivity index (χ4v) is 2.14. The van der Waals surface area contributed by atoms with Gasteiger partial charge >= 0.3 is 0 Å². The van der Waals surface area contributed by atoms with E-state index in [2.05, 4.69) is 20.7 Å². The minimum Gasteiger partial charge on any atom is -0.282 e. The third kappa shape index (κ3) is 3.69. The van der Waals surface area contributed by atoms with Crippen LogP contribution in [0.15, 0.2) is 22.7 Å². The number of nitro groups is 1. The topological polar surface area (TPSA) is 113 Å². The Morgan fingerprint density at radius 1 is 1.53 bits per heavy atom. The Kier molecular flexibility index (Phi) is 4.03. The van der Waals surface area contributed by atoms with E-state index in [9.17, 15) is 18.5 Å². The lowest BCUT2D eigenvalue weighted by molar-refractivity contribution is -0.385. The van der Waals surface area contributed by atoms with Crippen LogP contribution in [0.5, 0.6) is 0 Å². The van der Waals surface area contributed by atoms with Crippen LogP contribution in [-0.4, -0.2) is 19.1 Å². The van der Waals surface area contributed by atoms with Crippen LogP contribution < -0.4 is 4.72 Å². The molecule has 7 nitrogen and oxygen atoms in total. The van der Waals surface area contributed by atoms with Crippen LogP contribution in [0.2, 0.25) is 0 Å². The summed E-state index contributed by atoms with van der Waals surface area (Å²) in [6.45, 7) is 0. The van der Waals surface area contributed by atoms with E-state index in [1.54, 1.807) is 0 Å². The van der Waals surface area contributed by atoms with Crippen molar-refractivity contribution in [1.82, 2.24) is 0 Å². The summed E-state index contributed by atoms with van der Waals surface area (Å²) in [7, 11) is -3.79. The van der Waals surface area contributed by atoms with Gasteiger partial charge in [0, 0.05) is 6.07 Å². The number of rotatable bonds is 4. The molecule has 0 spiro atoms. The average Bonchev–Trinajstić information content (AvgIpc) is 2.20. The molecule has 90 valence electrons. The number of nitro benzene ring substituents is 1. The van der Waals surface area contributed by atoms with E-state index in [-0.39, 0.29) is 15.8 Å². The van der Waals surface area contributed by atoms with Crippen LogP contribution in [0, 0.1) is 21.4 Å². The Hall–Kier alpha value is -1.66. The predicted molar refractivity (Wildman–Crippen MR) is 63.8 cm³/mol. The van der Waals surface area contributed by atoms with Crippen molar-refractivity contribution in [2.45, 2.75) is 0 Å². The smallest absolute Gasteiger partial charge is 0.282 e. The van der Waals surface area contributed by atoms with Crippen molar-refractivity contribution in [3.63, 3.8) is 0 Å². The summed E-state index contributed by atoms with van der Waals surface area (Å²) in [5.74, 6) is -0.711. The molecule has 0 aliphatic rings. The Morgan fingerprint density at radius 3 is 2.71 bits per heavy atom. The maximum absolute atomic E-state index is 11.3. The first-order chi connectivity index (χ1) is 7.85. The van der Waals surface area contributed by atoms with Gasteiger partial charge in [-0.15, -0.1) is 0 Å². The second-order valence-electron chi connectivity index (χ2n) is 2.94. The number of nitrogens with zero attached hydrogens (tertiary/aromatic N) is 2. The molecule has 1 rings (SSSR count). The fourth-order valence-electron chi connectivity index (χ4n) is 1.02. The highest BCUT2D eigenvalue weighted by molar-refractivity contribution is 9.10. The van der Waals surface area contributed by atoms with Crippen molar-refractivity contribution >= 4 is 37.3 Å². The largest absolute Gasteiger partial charge is 0.285 e. The molecular weight excluding hydrogens is 314 g/mol. The van der Waals surface area contributed by atoms with Gasteiger partial charge in [-0.2, -0.15) is 5.26 Å². The van der Waals surface area contributed by atoms with Gasteiger partial charge in [0.2, 0.25) is 10.0 Å². The van der Waals surface area contributed by atoms with E-state index in [1.807, 2.05) is 0 Å². The van der Waals surface area contributed by atoms with E-state index in [4.69, 9.17) is 5.26 Å². The molecule has 17 heavy (non-hydrogen) atoms. The van der Waals surface area contributed by atoms with Gasteiger partial charge in [0.05, 0.1) is 21.2 Å². The Balaban J connectivity index is 3.07. The first-order valence-corrected chi connectivity index (χ1v) is 6.61. The molecule has 9 heteroatoms. The number of hydrogen-bond acceptors (Lipinski definition) is 5. The van der Waals surface area contributed by atoms with E-state index in [0.717, 1.165) is 6.07 Å². The van der Waals surface area contributed by atoms with Gasteiger partial charge in [-0.25, -0.2) is 8.42 Å². The molecular formula is C8H6BrN3O4S. The molecule has 0 aromatic heterocycles. The SMILES string of the molecule is N#CCS(=O)(=O)Nc1ccc(Br)c([N+](=O)[O-])c1. The van der Waals surface area contributed by atoms with Crippen molar-refractivity contribution in [2.75, 3.05) is 10.5 Å². The average molecular weight is 320 g/mol. The van der Waals surface area contributed by atoms with Gasteiger partial charge in [-0.1, -0.05) is 0 Å². The Labute approximate surface area is 105 Å². The molecule has 0 fully saturated rings. The van der Waals surface area contributed by atoms with Crippen molar-refractivity contribution < 1.29 is 13.3 Å². The van der Waals surface area contributed by atoms with Crippen molar-refractivity contribution in [3.05, 3.63) is 32.8 Å². The summed E-state index contributed by atoms with van der Waals surface area (Å²) in [4.78, 5) is 9.96. The summed E-state index contributed by atoms with van der Waals surface area (Å²) in [6, 6.07) is 5.25. The summed E-state index contributed by atoms with van der Waals surface area (Å²) in [6.07, 6.45) is 0. The van der Waals surface area contributed by atoms with E-state index in [1.165, 1.54) is 18.2 Å². The summed E-state index contributed by atoms with van der Waals surface area (Å²) < 4.78 is 24.8. The predicted octanol–water partition coefficient (Wildman–Crippen LogP) is 1.62. The number of nitriles is 1. The molecule has 0 saturated carbocycles. The van der Waals surface area contributed by atoms with Crippen LogP contribution in [-0.2, 0) is 10.0 Å². The molecule has 0 aliphatic carbocycles. The quantitative estimate of drug-likeness (QED) is 0.669. The molecule has 0 heterocycles. The maximum Gasteiger partial charge on any atom is 0.285 e. The van der Waals surface area contributed by atoms with Gasteiger partial charge in [0.15, 0.2) is 5.75 Å². The Bertz CT molecular complexity index is 593. The highest BCUT2D eigenvalue weighted by Gasteiger charge is 2.15. The lowest BCUT2D eigenvalue weighted by Gasteiger charge is -2.05. The van der Waals surface area contributed by atoms with Crippen LogP contribution in [0.3, 0.4) is 0 Å². The summed E-state index contributed by atoms with van der Waals surface area (Å²) in [5.41, 5.74) is -0.225. The van der Waals surface area contributed by atoms with Crippen molar-refractivity contribution in [2.24, 2.45) is 0 Å². The number of hydrogen-bond donors (Lipinski definition) is 1. The van der Waals surface area contributed by atoms with Crippen LogP contribution >= 0.6 is 15.9 Å². The molecule has 0 atom stereocenters. The van der Waals surface area contributed by atoms with Gasteiger partial charge in [0.25, 0.3) is 5.69 Å². The number of sulfonamides is 1. The molecule has 1 aromatic carbocycles. The van der Waals surface area contributed by atoms with Crippen LogP contribution in [0.4, 0.5) is 11.4 Å². The molecule has 0 bridgehead atoms. The molecule has 0 radical (unpaired) electrons. The van der Waals surface area contributed by atoms with Crippen molar-refractivity contribution in [3.8, 4) is 6.07 Å². The van der Waals surface area contributed by atoms with Crippen LogP contribution in [0.25, 0.3) is 0 Å². The van der Waals surface area contributed by atoms with E-state index < -0.39 is 20.7 Å². The second kappa shape index (κ2) is 5.11. The highest BCUT2D eigenvalue weighted by Crippen LogP contribution is 2.28. The van der Waals surface area contributed by atoms with Crippen molar-refractivity contribution in [1.29, 1.82) is 5.26 Å². The molecule has 0 amide bonds. The minimum atomic E-state index is -3.79. The molecule has 0 unspecified atom stereocenters. The lowest BCUT2D eigenvalue weighted by Crippen LogP contribution is -2.15. The first kappa shape index (κ1) is 13.4. The number of anilines is 1. The first-order valence-electron chi connectivity index (χ1n) is 4.17. The zero-order chi connectivity index (χ0) is 13.1. The lowest BCUT2D eigenvalue weighted by atomic mass is 10.3. The summed E-state index contributed by atoms with van der Waals surface area (Å²) in [5, 5.41) is 18.9. The number of benzene rings is 1. The number of halogens is 1. The minimum absolute atomic E-state index is 0.0372. The molecule has 1 N–H and O–H groups in total. The molecule has 0 aliphatic heterocycles. The van der Waals surface area contributed by atoms with Gasteiger partial charge in [-0.3, -0.25) is 14.8 Å². The molecule has 1 aromatic rings. The maximum atomic E-state index is 11.3. The third-order valence-corrected chi connectivity index (χ3v) is 3.40. The zero-order valence-electron chi connectivity index (χ0n) is 8.25. The van der Waals surface area contributed by atoms with E-state index in [0.29, 0.717) is 0 Å². The fraction of sp³-hybridized carbons (Fsp3) is 0.125. The summed E-state index contributed by atoms with van der Waals surface area (Å²) >= 11 is 2.97.